The van der Waals surface area contributed by atoms with Crippen molar-refractivity contribution in [2.24, 2.45) is 51.2 Å². The third-order valence-corrected chi connectivity index (χ3v) is 31.5. The van der Waals surface area contributed by atoms with Gasteiger partial charge in [0.25, 0.3) is 0 Å². The number of thiophene rings is 2. The largest absolute Gasteiger partial charge is 0.456 e. The molecule has 8 fully saturated rings. The highest BCUT2D eigenvalue weighted by Crippen LogP contribution is 2.68. The number of ketones is 2. The number of ether oxygens (including phenoxy) is 14. The van der Waals surface area contributed by atoms with Crippen LogP contribution in [0.25, 0.3) is 0 Å². The molecule has 8 aliphatic carbocycles. The Morgan fingerprint density at radius 2 is 0.925 bits per heavy atom. The van der Waals surface area contributed by atoms with E-state index in [0.717, 1.165) is 37.0 Å². The number of aliphatic hydroxyl groups is 4. The Labute approximate surface area is 784 Å². The number of Topliss-reactive ketones (excluding diaryl/α,β-unsaturated/α-hetero) is 2. The second-order valence-electron chi connectivity index (χ2n) is 39.1. The van der Waals surface area contributed by atoms with E-state index >= 15 is 14.4 Å². The molecule has 32 nitrogen and oxygen atoms in total. The van der Waals surface area contributed by atoms with Gasteiger partial charge in [0.15, 0.2) is 53.0 Å². The van der Waals surface area contributed by atoms with Crippen molar-refractivity contribution < 1.29 is 144 Å². The summed E-state index contributed by atoms with van der Waals surface area (Å²) in [5, 5.41) is 60.6. The fourth-order valence-corrected chi connectivity index (χ4v) is 23.8. The lowest BCUT2D eigenvalue weighted by Crippen LogP contribution is -2.82. The maximum Gasteiger partial charge on any atom is 0.408 e. The molecule has 0 radical (unpaired) electrons. The van der Waals surface area contributed by atoms with Crippen LogP contribution in [0.1, 0.15) is 252 Å². The van der Waals surface area contributed by atoms with Crippen molar-refractivity contribution >= 4 is 94.2 Å². The van der Waals surface area contributed by atoms with Gasteiger partial charge in [-0.2, -0.15) is 0 Å². The van der Waals surface area contributed by atoms with Gasteiger partial charge >= 0.3 is 59.9 Å². The summed E-state index contributed by atoms with van der Waals surface area (Å²) in [5.41, 5.74) is -14.0. The number of esters is 8. The van der Waals surface area contributed by atoms with Crippen LogP contribution in [0, 0.1) is 51.2 Å². The summed E-state index contributed by atoms with van der Waals surface area (Å²) in [6, 6.07) is 20.3. The number of amides is 2. The predicted octanol–water partition coefficient (Wildman–Crippen LogP) is 13.3. The zero-order valence-corrected chi connectivity index (χ0v) is 79.0. The van der Waals surface area contributed by atoms with Crippen LogP contribution in [0.15, 0.2) is 118 Å². The van der Waals surface area contributed by atoms with Crippen LogP contribution in [0.3, 0.4) is 0 Å². The molecule has 34 heteroatoms. The third-order valence-electron chi connectivity index (χ3n) is 29.5. The first-order chi connectivity index (χ1) is 61.6. The molecule has 0 spiro atoms. The predicted molar refractivity (Wildman–Crippen MR) is 482 cm³/mol. The van der Waals surface area contributed by atoms with E-state index in [1.54, 1.807) is 174 Å². The summed E-state index contributed by atoms with van der Waals surface area (Å²) in [4.78, 5) is 172. The Kier molecular flexibility index (Phi) is 31.4. The number of carbonyl (C=O) groups excluding carboxylic acids is 12. The SMILES string of the molecule is C.C.CC(=O)O[C@@]12CO[C@@H]1C[C@H](O)[C@@]1(C)C(=O)[C@H](OC(=O)C3CCCC3)C3=C(C)[C@@H](OC(=O)[C@H](O)[C@@H](NC(=O)OC(C)C)c4cccs4)C[C@@](O)([C@@H](OC(=O)c4ccccc4)[C@H]21)C3(C)C.COC(C)(C)O[C@@H](C(=O)O[C@H]1C[C@@]2(O)[C@@H](OC(=O)c3ccccc3)[C@@H]3[C@]4(OC(C)=O)CO[C@@H]4C[C@H](C)[C@@]3(C)C(=O)[C@H](OC(=O)C3CCCC3)C(=C1C)C2(C)C)[C@@H](NC(=O)OC(C)C)c1cccs1. The van der Waals surface area contributed by atoms with Crippen molar-refractivity contribution in [3.8, 4) is 0 Å². The number of alkyl carbamates (subject to hydrolysis) is 2. The lowest BCUT2D eigenvalue weighted by molar-refractivity contribution is -0.346. The van der Waals surface area contributed by atoms with Crippen LogP contribution in [0.2, 0.25) is 0 Å². The number of nitrogens with one attached hydrogen (secondary N) is 2. The molecule has 22 atom stereocenters. The van der Waals surface area contributed by atoms with E-state index in [4.69, 9.17) is 66.3 Å². The molecular formula is C99H132N2O30S2. The molecule has 4 aromatic rings. The van der Waals surface area contributed by atoms with E-state index in [2.05, 4.69) is 10.6 Å². The molecule has 730 valence electrons. The molecule has 2 aromatic carbocycles. The number of aliphatic hydroxyl groups excluding tert-OH is 2. The first-order valence-electron chi connectivity index (χ1n) is 45.1. The Morgan fingerprint density at radius 3 is 1.31 bits per heavy atom. The summed E-state index contributed by atoms with van der Waals surface area (Å²) in [7, 11) is 1.39. The molecule has 6 N–H and O–H groups in total. The van der Waals surface area contributed by atoms with Gasteiger partial charge in [0.2, 0.25) is 0 Å². The summed E-state index contributed by atoms with van der Waals surface area (Å²) in [6.45, 7) is 26.5. The van der Waals surface area contributed by atoms with Gasteiger partial charge in [-0.1, -0.05) is 131 Å². The Hall–Kier alpha value is -9.36. The highest BCUT2D eigenvalue weighted by molar-refractivity contribution is 7.10. The second-order valence-corrected chi connectivity index (χ2v) is 41.1. The normalized spacial score (nSPS) is 32.1. The maximum atomic E-state index is 16.2. The zero-order valence-electron chi connectivity index (χ0n) is 77.4. The first kappa shape index (κ1) is 104. The molecule has 2 aromatic heterocycles. The number of methoxy groups -OCH3 is 1. The van der Waals surface area contributed by atoms with Gasteiger partial charge in [-0.15, -0.1) is 22.7 Å². The smallest absolute Gasteiger partial charge is 0.408 e. The summed E-state index contributed by atoms with van der Waals surface area (Å²) < 4.78 is 85.7. The lowest BCUT2D eigenvalue weighted by Gasteiger charge is -2.68. The van der Waals surface area contributed by atoms with Crippen molar-refractivity contribution in [1.82, 2.24) is 10.6 Å². The molecule has 0 unspecified atom stereocenters. The van der Waals surface area contributed by atoms with Gasteiger partial charge in [-0.05, 0) is 170 Å². The van der Waals surface area contributed by atoms with Crippen molar-refractivity contribution in [3.05, 3.63) is 139 Å². The number of rotatable bonds is 25. The highest BCUT2D eigenvalue weighted by Gasteiger charge is 2.81. The lowest BCUT2D eigenvalue weighted by atomic mass is 9.43. The van der Waals surface area contributed by atoms with Gasteiger partial charge in [-0.3, -0.25) is 28.8 Å². The highest BCUT2D eigenvalue weighted by atomic mass is 32.1. The molecule has 133 heavy (non-hydrogen) atoms. The standard InChI is InChI=1S/C51H67NO15S.C46H57NO15S.2CH4/c1-27(2)62-46(58)52-37(34-22-17-23-68-34)39(67-48(8,9)60-11)45(57)63-33-25-51(59)42(65-44(56)32-18-13-12-14-19-32)40-49(10,28(3)24-35-50(40,26-61-35)66-30(5)53)41(54)38(36(29(33)4)47(51,6)7)64-43(55)31-20-15-16-21-31;1-23(2)58-42(55)47-33(29-18-13-19-63-29)34(50)41(54)59-28-21-46(56)38(61-40(53)27-14-9-8-10-15-27)36-44(7,30(49)20-31-45(36,22-57-31)62-25(4)48)37(51)35(32(24(28)3)43(46,5)6)60-39(52)26-16-11-12-17-26;;/h12-14,17-19,22-23,27-28,31,33,35,37-40,42,59H,15-16,20-21,24-26H2,1-11H3,(H,52,58);8-10,13-15,18-19,23,26,28,30-31,33-36,38,49-50,56H,11-12,16-17,20-22H2,1-7H3,(H,47,55);2*1H4/t28-,33-,35+,37-,38+,39+,40-,42-,49+,50-,51+;28-,30-,31+,33-,34+,35+,36-,38-,44+,45-,46+;;/m00../s1. The minimum atomic E-state index is -2.39. The van der Waals surface area contributed by atoms with E-state index in [9.17, 15) is 63.6 Å². The van der Waals surface area contributed by atoms with Crippen molar-refractivity contribution in [1.29, 1.82) is 0 Å². The van der Waals surface area contributed by atoms with Crippen molar-refractivity contribution in [2.75, 3.05) is 20.3 Å². The number of benzene rings is 2. The monoisotopic (exact) mass is 1890 g/mol. The van der Waals surface area contributed by atoms with Gasteiger partial charge in [0, 0.05) is 66.2 Å². The van der Waals surface area contributed by atoms with E-state index in [-0.39, 0.29) is 68.8 Å². The van der Waals surface area contributed by atoms with Gasteiger partial charge in [0.1, 0.15) is 59.9 Å². The van der Waals surface area contributed by atoms with Crippen LogP contribution in [0.5, 0.6) is 0 Å². The molecule has 10 aliphatic rings. The Morgan fingerprint density at radius 1 is 0.534 bits per heavy atom. The average Bonchev–Trinajstić information content (AvgIpc) is 0.981. The van der Waals surface area contributed by atoms with E-state index < -0.39 is 255 Å². The molecule has 2 aliphatic heterocycles. The zero-order chi connectivity index (χ0) is 95.5. The number of hydrogen-bond donors (Lipinski definition) is 6. The third kappa shape index (κ3) is 19.2. The van der Waals surface area contributed by atoms with Crippen LogP contribution in [-0.4, -0.2) is 220 Å². The maximum absolute atomic E-state index is 16.2. The summed E-state index contributed by atoms with van der Waals surface area (Å²) >= 11 is 2.40. The van der Waals surface area contributed by atoms with Gasteiger partial charge in [0.05, 0.1) is 71.7 Å². The number of hydrogen-bond acceptors (Lipinski definition) is 32. The summed E-state index contributed by atoms with van der Waals surface area (Å²) in [6.07, 6.45) is -15.2. The first-order valence-corrected chi connectivity index (χ1v) is 46.9. The average molecular weight is 1890 g/mol. The quantitative estimate of drug-likeness (QED) is 0.0155. The van der Waals surface area contributed by atoms with E-state index in [1.165, 1.54) is 51.4 Å². The van der Waals surface area contributed by atoms with Crippen LogP contribution in [-0.2, 0) is 105 Å². The molecule has 4 heterocycles. The minimum Gasteiger partial charge on any atom is -0.456 e. The molecule has 6 saturated carbocycles. The fraction of sp³-hybridized carbons (Fsp3) is 0.636. The second kappa shape index (κ2) is 40.1. The van der Waals surface area contributed by atoms with Crippen LogP contribution < -0.4 is 10.6 Å². The number of carbonyl (C=O) groups is 12. The molecule has 4 bridgehead atoms. The molecule has 14 rings (SSSR count). The summed E-state index contributed by atoms with van der Waals surface area (Å²) in [5.74, 6) is -13.9. The van der Waals surface area contributed by atoms with Crippen LogP contribution >= 0.6 is 22.7 Å². The topological polar surface area (TPSA) is 439 Å². The van der Waals surface area contributed by atoms with Crippen molar-refractivity contribution in [3.63, 3.8) is 0 Å². The Bertz CT molecular complexity index is 5020. The van der Waals surface area contributed by atoms with Crippen LogP contribution in [0.4, 0.5) is 9.59 Å². The molecule has 2 amide bonds. The minimum absolute atomic E-state index is 0. The molecule has 2 saturated heterocycles. The van der Waals surface area contributed by atoms with Gasteiger partial charge < -0.3 is 97.4 Å². The van der Waals surface area contributed by atoms with Crippen molar-refractivity contribution in [2.45, 2.75) is 329 Å². The fourth-order valence-electron chi connectivity index (χ4n) is 22.2. The Balaban J connectivity index is 0.000000253. The number of fused-ring (bicyclic) bond motifs is 10. The van der Waals surface area contributed by atoms with E-state index in [0.29, 0.717) is 41.0 Å². The van der Waals surface area contributed by atoms with E-state index in [1.807, 2.05) is 6.92 Å². The molecular weight excluding hydrogens is 1760 g/mol. The van der Waals surface area contributed by atoms with Gasteiger partial charge in [-0.25, -0.2) is 28.8 Å².